The average molecular weight is 263 g/mol. The first kappa shape index (κ1) is 12.8. The molecule has 2 rings (SSSR count). The lowest BCUT2D eigenvalue weighted by atomic mass is 10.2. The third-order valence-electron chi connectivity index (χ3n) is 2.42. The molecule has 0 bridgehead atoms. The summed E-state index contributed by atoms with van der Waals surface area (Å²) in [6.45, 7) is -0.0426. The topological polar surface area (TPSA) is 53.7 Å². The maximum Gasteiger partial charge on any atom is 0.425 e. The number of fused-ring (bicyclic) bond motifs is 1. The Bertz CT molecular complexity index is 422. The maximum atomic E-state index is 12.6. The number of alkyl halides is 3. The minimum Gasteiger partial charge on any atom is -0.481 e. The van der Waals surface area contributed by atoms with Crippen LogP contribution in [0.25, 0.3) is 0 Å². The van der Waals surface area contributed by atoms with Gasteiger partial charge in [0, 0.05) is 12.5 Å². The molecule has 0 amide bonds. The number of benzene rings is 1. The molecule has 100 valence electrons. The van der Waals surface area contributed by atoms with E-state index in [1.54, 1.807) is 0 Å². The molecule has 0 spiro atoms. The summed E-state index contributed by atoms with van der Waals surface area (Å²) in [4.78, 5) is 0. The van der Waals surface area contributed by atoms with Gasteiger partial charge in [0.2, 0.25) is 6.79 Å². The molecule has 1 aromatic rings. The molecule has 0 saturated carbocycles. The van der Waals surface area contributed by atoms with Gasteiger partial charge in [0.05, 0.1) is 0 Å². The monoisotopic (exact) mass is 263 g/mol. The molecular weight excluding hydrogens is 251 g/mol. The molecule has 1 atom stereocenters. The molecule has 1 aromatic carbocycles. The van der Waals surface area contributed by atoms with Gasteiger partial charge in [0.15, 0.2) is 17.6 Å². The summed E-state index contributed by atoms with van der Waals surface area (Å²) in [5.41, 5.74) is 5.15. The first-order valence-electron chi connectivity index (χ1n) is 5.34. The third-order valence-corrected chi connectivity index (χ3v) is 2.42. The predicted molar refractivity (Wildman–Crippen MR) is 56.7 cm³/mol. The Morgan fingerprint density at radius 3 is 2.67 bits per heavy atom. The number of hydrogen-bond acceptors (Lipinski definition) is 4. The molecule has 0 aliphatic carbocycles. The molecule has 0 fully saturated rings. The lowest BCUT2D eigenvalue weighted by Crippen LogP contribution is -2.36. The van der Waals surface area contributed by atoms with Gasteiger partial charge in [-0.2, -0.15) is 13.2 Å². The van der Waals surface area contributed by atoms with Crippen LogP contribution >= 0.6 is 0 Å². The van der Waals surface area contributed by atoms with Crippen LogP contribution in [0.5, 0.6) is 17.2 Å². The van der Waals surface area contributed by atoms with E-state index in [2.05, 4.69) is 0 Å². The molecule has 7 heteroatoms. The van der Waals surface area contributed by atoms with E-state index >= 15 is 0 Å². The van der Waals surface area contributed by atoms with Crippen molar-refractivity contribution in [1.29, 1.82) is 0 Å². The van der Waals surface area contributed by atoms with Crippen LogP contribution in [0.15, 0.2) is 18.2 Å². The molecule has 18 heavy (non-hydrogen) atoms. The quantitative estimate of drug-likeness (QED) is 0.903. The standard InChI is InChI=1S/C11H12F3NO3/c12-11(13,14)10(3-4-15)18-7-1-2-8-9(5-7)17-6-16-8/h1-2,5,10H,3-4,6,15H2. The van der Waals surface area contributed by atoms with Gasteiger partial charge in [-0.05, 0) is 18.7 Å². The van der Waals surface area contributed by atoms with Crippen molar-refractivity contribution in [2.24, 2.45) is 5.73 Å². The normalized spacial score (nSPS) is 15.6. The predicted octanol–water partition coefficient (Wildman–Crippen LogP) is 2.07. The number of nitrogens with two attached hydrogens (primary N) is 1. The fourth-order valence-electron chi connectivity index (χ4n) is 1.56. The number of ether oxygens (including phenoxy) is 3. The third kappa shape index (κ3) is 2.79. The lowest BCUT2D eigenvalue weighted by molar-refractivity contribution is -0.196. The highest BCUT2D eigenvalue weighted by Gasteiger charge is 2.41. The van der Waals surface area contributed by atoms with Crippen molar-refractivity contribution < 1.29 is 27.4 Å². The van der Waals surface area contributed by atoms with E-state index < -0.39 is 12.3 Å². The summed E-state index contributed by atoms with van der Waals surface area (Å²) >= 11 is 0. The summed E-state index contributed by atoms with van der Waals surface area (Å²) in [7, 11) is 0. The zero-order chi connectivity index (χ0) is 13.2. The zero-order valence-corrected chi connectivity index (χ0v) is 9.37. The highest BCUT2D eigenvalue weighted by atomic mass is 19.4. The van der Waals surface area contributed by atoms with Crippen molar-refractivity contribution in [2.75, 3.05) is 13.3 Å². The van der Waals surface area contributed by atoms with E-state index in [0.29, 0.717) is 11.5 Å². The van der Waals surface area contributed by atoms with Crippen molar-refractivity contribution in [3.63, 3.8) is 0 Å². The van der Waals surface area contributed by atoms with E-state index in [-0.39, 0.29) is 25.5 Å². The van der Waals surface area contributed by atoms with Crippen LogP contribution in [0.1, 0.15) is 6.42 Å². The second kappa shape index (κ2) is 4.93. The largest absolute Gasteiger partial charge is 0.481 e. The number of halogens is 3. The van der Waals surface area contributed by atoms with E-state index in [0.717, 1.165) is 0 Å². The van der Waals surface area contributed by atoms with Gasteiger partial charge in [-0.15, -0.1) is 0 Å². The fraction of sp³-hybridized carbons (Fsp3) is 0.455. The highest BCUT2D eigenvalue weighted by Crippen LogP contribution is 2.36. The Morgan fingerprint density at radius 1 is 1.28 bits per heavy atom. The van der Waals surface area contributed by atoms with Crippen LogP contribution in [-0.4, -0.2) is 25.6 Å². The molecule has 4 nitrogen and oxygen atoms in total. The number of rotatable bonds is 4. The first-order chi connectivity index (χ1) is 8.50. The minimum atomic E-state index is -4.45. The molecule has 1 unspecified atom stereocenters. The van der Waals surface area contributed by atoms with Crippen LogP contribution in [0, 0.1) is 0 Å². The summed E-state index contributed by atoms with van der Waals surface area (Å²) < 4.78 is 52.9. The lowest BCUT2D eigenvalue weighted by Gasteiger charge is -2.21. The Kier molecular flexibility index (Phi) is 3.51. The van der Waals surface area contributed by atoms with E-state index in [1.165, 1.54) is 18.2 Å². The molecule has 1 aliphatic heterocycles. The van der Waals surface area contributed by atoms with Crippen molar-refractivity contribution in [2.45, 2.75) is 18.7 Å². The van der Waals surface area contributed by atoms with Gasteiger partial charge in [-0.1, -0.05) is 0 Å². The summed E-state index contributed by atoms with van der Waals surface area (Å²) in [6, 6.07) is 4.29. The molecule has 0 aromatic heterocycles. The Balaban J connectivity index is 2.11. The SMILES string of the molecule is NCCC(Oc1ccc2c(c1)OCO2)C(F)(F)F. The first-order valence-corrected chi connectivity index (χ1v) is 5.34. The van der Waals surface area contributed by atoms with Crippen LogP contribution in [0.2, 0.25) is 0 Å². The second-order valence-corrected chi connectivity index (χ2v) is 3.74. The Hall–Kier alpha value is -1.63. The van der Waals surface area contributed by atoms with Gasteiger partial charge in [-0.3, -0.25) is 0 Å². The van der Waals surface area contributed by atoms with E-state index in [1.807, 2.05) is 0 Å². The average Bonchev–Trinajstić information content (AvgIpc) is 2.74. The van der Waals surface area contributed by atoms with Crippen LogP contribution < -0.4 is 19.9 Å². The molecule has 0 saturated heterocycles. The summed E-state index contributed by atoms with van der Waals surface area (Å²) in [5, 5.41) is 0. The number of hydrogen-bond donors (Lipinski definition) is 1. The van der Waals surface area contributed by atoms with Crippen molar-refractivity contribution in [3.05, 3.63) is 18.2 Å². The molecule has 1 aliphatic rings. The molecular formula is C11H12F3NO3. The molecule has 0 radical (unpaired) electrons. The molecule has 2 N–H and O–H groups in total. The van der Waals surface area contributed by atoms with Gasteiger partial charge in [-0.25, -0.2) is 0 Å². The van der Waals surface area contributed by atoms with Gasteiger partial charge < -0.3 is 19.9 Å². The fourth-order valence-corrected chi connectivity index (χ4v) is 1.56. The molecule has 1 heterocycles. The minimum absolute atomic E-state index is 0.0598. The van der Waals surface area contributed by atoms with Gasteiger partial charge in [0.1, 0.15) is 5.75 Å². The van der Waals surface area contributed by atoms with Crippen molar-refractivity contribution in [3.8, 4) is 17.2 Å². The van der Waals surface area contributed by atoms with E-state index in [4.69, 9.17) is 19.9 Å². The van der Waals surface area contributed by atoms with Gasteiger partial charge >= 0.3 is 6.18 Å². The smallest absolute Gasteiger partial charge is 0.425 e. The highest BCUT2D eigenvalue weighted by molar-refractivity contribution is 5.46. The maximum absolute atomic E-state index is 12.6. The summed E-state index contributed by atoms with van der Waals surface area (Å²) in [6.07, 6.45) is -6.66. The van der Waals surface area contributed by atoms with Crippen LogP contribution in [0.4, 0.5) is 13.2 Å². The Morgan fingerprint density at radius 2 is 2.00 bits per heavy atom. The van der Waals surface area contributed by atoms with Crippen LogP contribution in [0.3, 0.4) is 0 Å². The van der Waals surface area contributed by atoms with Gasteiger partial charge in [0.25, 0.3) is 0 Å². The second-order valence-electron chi connectivity index (χ2n) is 3.74. The Labute approximate surface area is 101 Å². The van der Waals surface area contributed by atoms with Crippen molar-refractivity contribution in [1.82, 2.24) is 0 Å². The zero-order valence-electron chi connectivity index (χ0n) is 9.37. The summed E-state index contributed by atoms with van der Waals surface area (Å²) in [5.74, 6) is 0.945. The van der Waals surface area contributed by atoms with Crippen molar-refractivity contribution >= 4 is 0 Å². The van der Waals surface area contributed by atoms with Crippen LogP contribution in [-0.2, 0) is 0 Å². The van der Waals surface area contributed by atoms with E-state index in [9.17, 15) is 13.2 Å².